The van der Waals surface area contributed by atoms with Crippen molar-refractivity contribution in [3.63, 3.8) is 0 Å². The third kappa shape index (κ3) is 3.93. The molecule has 1 aromatic carbocycles. The first-order valence-electron chi connectivity index (χ1n) is 9.21. The molecule has 0 saturated heterocycles. The standard InChI is InChI=1S/C20H20Cl2N4O2/c1-25-17-8-14(13-6-15(21)9-16(22)7-13)10-24-19(17)26(20(25)28)11-18(27)23-5-4-12-2-3-12/h6-10,12H,2-5,11H2,1H3,(H,23,27). The molecule has 146 valence electrons. The fourth-order valence-electron chi connectivity index (χ4n) is 3.32. The van der Waals surface area contributed by atoms with Crippen molar-refractivity contribution in [2.24, 2.45) is 13.0 Å². The van der Waals surface area contributed by atoms with Gasteiger partial charge in [-0.3, -0.25) is 13.9 Å². The maximum absolute atomic E-state index is 12.6. The average Bonchev–Trinajstić information content (AvgIpc) is 3.44. The van der Waals surface area contributed by atoms with E-state index in [-0.39, 0.29) is 18.1 Å². The molecule has 3 aromatic rings. The number of aryl methyl sites for hydroxylation is 1. The zero-order valence-corrected chi connectivity index (χ0v) is 16.9. The summed E-state index contributed by atoms with van der Waals surface area (Å²) < 4.78 is 2.89. The van der Waals surface area contributed by atoms with Gasteiger partial charge in [0.15, 0.2) is 5.65 Å². The number of aromatic nitrogens is 3. The zero-order valence-electron chi connectivity index (χ0n) is 15.4. The second-order valence-corrected chi connectivity index (χ2v) is 8.11. The average molecular weight is 419 g/mol. The Hall–Kier alpha value is -2.31. The van der Waals surface area contributed by atoms with Gasteiger partial charge in [-0.2, -0.15) is 0 Å². The van der Waals surface area contributed by atoms with Gasteiger partial charge >= 0.3 is 5.69 Å². The molecular weight excluding hydrogens is 399 g/mol. The Balaban J connectivity index is 1.62. The van der Waals surface area contributed by atoms with E-state index in [9.17, 15) is 9.59 Å². The van der Waals surface area contributed by atoms with Gasteiger partial charge in [-0.25, -0.2) is 9.78 Å². The lowest BCUT2D eigenvalue weighted by Gasteiger charge is -2.06. The van der Waals surface area contributed by atoms with E-state index in [0.717, 1.165) is 23.5 Å². The van der Waals surface area contributed by atoms with Gasteiger partial charge in [-0.1, -0.05) is 36.0 Å². The Morgan fingerprint density at radius 2 is 1.89 bits per heavy atom. The normalized spacial score (nSPS) is 13.8. The molecule has 1 aliphatic carbocycles. The van der Waals surface area contributed by atoms with Crippen LogP contribution in [0.4, 0.5) is 0 Å². The summed E-state index contributed by atoms with van der Waals surface area (Å²) >= 11 is 12.2. The molecule has 2 heterocycles. The van der Waals surface area contributed by atoms with Crippen molar-refractivity contribution in [3.05, 3.63) is 51.0 Å². The molecule has 4 rings (SSSR count). The van der Waals surface area contributed by atoms with Crippen LogP contribution in [0.15, 0.2) is 35.3 Å². The number of imidazole rings is 1. The molecule has 1 aliphatic rings. The number of carbonyl (C=O) groups excluding carboxylic acids is 1. The Bertz CT molecular complexity index is 1100. The number of hydrogen-bond acceptors (Lipinski definition) is 3. The van der Waals surface area contributed by atoms with Crippen LogP contribution >= 0.6 is 23.2 Å². The van der Waals surface area contributed by atoms with E-state index >= 15 is 0 Å². The van der Waals surface area contributed by atoms with Crippen molar-refractivity contribution in [2.75, 3.05) is 6.54 Å². The highest BCUT2D eigenvalue weighted by atomic mass is 35.5. The van der Waals surface area contributed by atoms with Crippen molar-refractivity contribution >= 4 is 40.3 Å². The molecule has 8 heteroatoms. The van der Waals surface area contributed by atoms with Gasteiger partial charge in [0.25, 0.3) is 0 Å². The SMILES string of the molecule is Cn1c(=O)n(CC(=O)NCCC2CC2)c2ncc(-c3cc(Cl)cc(Cl)c3)cc21. The number of pyridine rings is 1. The molecule has 1 amide bonds. The number of rotatable bonds is 6. The van der Waals surface area contributed by atoms with Crippen LogP contribution in [0.3, 0.4) is 0 Å². The summed E-state index contributed by atoms with van der Waals surface area (Å²) in [6, 6.07) is 7.09. The lowest BCUT2D eigenvalue weighted by atomic mass is 10.1. The molecule has 0 radical (unpaired) electrons. The molecule has 6 nitrogen and oxygen atoms in total. The topological polar surface area (TPSA) is 68.9 Å². The third-order valence-corrected chi connectivity index (χ3v) is 5.49. The van der Waals surface area contributed by atoms with Gasteiger partial charge in [-0.15, -0.1) is 0 Å². The minimum atomic E-state index is -0.277. The summed E-state index contributed by atoms with van der Waals surface area (Å²) in [5, 5.41) is 3.94. The van der Waals surface area contributed by atoms with Crippen LogP contribution in [-0.2, 0) is 18.4 Å². The quantitative estimate of drug-likeness (QED) is 0.664. The first-order chi connectivity index (χ1) is 13.4. The third-order valence-electron chi connectivity index (χ3n) is 5.05. The highest BCUT2D eigenvalue weighted by molar-refractivity contribution is 6.35. The molecule has 1 N–H and O–H groups in total. The van der Waals surface area contributed by atoms with Crippen LogP contribution in [0.1, 0.15) is 19.3 Å². The summed E-state index contributed by atoms with van der Waals surface area (Å²) in [6.07, 6.45) is 5.16. The summed E-state index contributed by atoms with van der Waals surface area (Å²) in [7, 11) is 1.67. The van der Waals surface area contributed by atoms with Gasteiger partial charge in [0, 0.05) is 35.4 Å². The number of amides is 1. The molecule has 1 saturated carbocycles. The predicted octanol–water partition coefficient (Wildman–Crippen LogP) is 3.63. The molecule has 0 atom stereocenters. The fourth-order valence-corrected chi connectivity index (χ4v) is 3.84. The number of benzene rings is 1. The number of nitrogens with one attached hydrogen (secondary N) is 1. The lowest BCUT2D eigenvalue weighted by Crippen LogP contribution is -2.33. The van der Waals surface area contributed by atoms with E-state index < -0.39 is 0 Å². The van der Waals surface area contributed by atoms with Gasteiger partial charge in [0.05, 0.1) is 5.52 Å². The van der Waals surface area contributed by atoms with Crippen molar-refractivity contribution in [1.29, 1.82) is 0 Å². The van der Waals surface area contributed by atoms with Crippen LogP contribution < -0.4 is 11.0 Å². The van der Waals surface area contributed by atoms with E-state index in [2.05, 4.69) is 10.3 Å². The first-order valence-corrected chi connectivity index (χ1v) is 9.96. The largest absolute Gasteiger partial charge is 0.355 e. The minimum Gasteiger partial charge on any atom is -0.355 e. The maximum Gasteiger partial charge on any atom is 0.330 e. The van der Waals surface area contributed by atoms with Crippen molar-refractivity contribution in [2.45, 2.75) is 25.8 Å². The van der Waals surface area contributed by atoms with Crippen molar-refractivity contribution in [1.82, 2.24) is 19.4 Å². The van der Waals surface area contributed by atoms with E-state index in [1.807, 2.05) is 6.07 Å². The summed E-state index contributed by atoms with van der Waals surface area (Å²) in [5.41, 5.74) is 2.44. The second-order valence-electron chi connectivity index (χ2n) is 7.23. The smallest absolute Gasteiger partial charge is 0.330 e. The van der Waals surface area contributed by atoms with E-state index in [4.69, 9.17) is 23.2 Å². The Labute approximate surface area is 172 Å². The molecule has 28 heavy (non-hydrogen) atoms. The predicted molar refractivity (Wildman–Crippen MR) is 111 cm³/mol. The van der Waals surface area contributed by atoms with Gasteiger partial charge < -0.3 is 5.32 Å². The fraction of sp³-hybridized carbons (Fsp3) is 0.350. The number of hydrogen-bond donors (Lipinski definition) is 1. The summed E-state index contributed by atoms with van der Waals surface area (Å²) in [5.74, 6) is 0.573. The van der Waals surface area contributed by atoms with E-state index in [0.29, 0.717) is 27.8 Å². The van der Waals surface area contributed by atoms with Crippen LogP contribution in [0.2, 0.25) is 10.0 Å². The highest BCUT2D eigenvalue weighted by Crippen LogP contribution is 2.31. The Morgan fingerprint density at radius 3 is 2.57 bits per heavy atom. The van der Waals surface area contributed by atoms with E-state index in [1.54, 1.807) is 31.4 Å². The Kier molecular flexibility index (Phi) is 5.17. The van der Waals surface area contributed by atoms with Gasteiger partial charge in [-0.05, 0) is 42.2 Å². The van der Waals surface area contributed by atoms with Crippen LogP contribution in [-0.4, -0.2) is 26.6 Å². The minimum absolute atomic E-state index is 0.0455. The molecule has 2 aromatic heterocycles. The van der Waals surface area contributed by atoms with Gasteiger partial charge in [0.2, 0.25) is 5.91 Å². The first kappa shape index (κ1) is 19.0. The van der Waals surface area contributed by atoms with Crippen LogP contribution in [0, 0.1) is 5.92 Å². The molecule has 0 unspecified atom stereocenters. The second kappa shape index (κ2) is 7.60. The van der Waals surface area contributed by atoms with Crippen LogP contribution in [0.25, 0.3) is 22.3 Å². The maximum atomic E-state index is 12.6. The number of carbonyl (C=O) groups is 1. The Morgan fingerprint density at radius 1 is 1.18 bits per heavy atom. The number of halogens is 2. The van der Waals surface area contributed by atoms with E-state index in [1.165, 1.54) is 22.0 Å². The molecule has 0 spiro atoms. The van der Waals surface area contributed by atoms with Gasteiger partial charge in [0.1, 0.15) is 6.54 Å². The van der Waals surface area contributed by atoms with Crippen LogP contribution in [0.5, 0.6) is 0 Å². The zero-order chi connectivity index (χ0) is 19.8. The number of nitrogens with zero attached hydrogens (tertiary/aromatic N) is 3. The molecule has 1 fully saturated rings. The molecule has 0 aliphatic heterocycles. The van der Waals surface area contributed by atoms with Crippen molar-refractivity contribution in [3.8, 4) is 11.1 Å². The molecule has 0 bridgehead atoms. The highest BCUT2D eigenvalue weighted by Gasteiger charge is 2.21. The van der Waals surface area contributed by atoms with Crippen molar-refractivity contribution < 1.29 is 4.79 Å². The summed E-state index contributed by atoms with van der Waals surface area (Å²) in [4.78, 5) is 29.3. The number of fused-ring (bicyclic) bond motifs is 1. The monoisotopic (exact) mass is 418 g/mol. The lowest BCUT2D eigenvalue weighted by molar-refractivity contribution is -0.121. The molecular formula is C20H20Cl2N4O2. The summed E-state index contributed by atoms with van der Waals surface area (Å²) in [6.45, 7) is 0.603.